The van der Waals surface area contributed by atoms with Crippen LogP contribution in [0.1, 0.15) is 33.6 Å². The van der Waals surface area contributed by atoms with Gasteiger partial charge in [-0.05, 0) is 26.7 Å². The van der Waals surface area contributed by atoms with Gasteiger partial charge in [0, 0.05) is 41.7 Å². The van der Waals surface area contributed by atoms with Crippen molar-refractivity contribution in [3.8, 4) is 0 Å². The first-order valence-corrected chi connectivity index (χ1v) is 13.1. The molecule has 4 aliphatic rings. The van der Waals surface area contributed by atoms with E-state index in [9.17, 15) is 29.4 Å². The summed E-state index contributed by atoms with van der Waals surface area (Å²) in [5, 5.41) is 25.9. The molecule has 0 unspecified atom stereocenters. The summed E-state index contributed by atoms with van der Waals surface area (Å²) in [5.74, 6) is -2.24. The van der Waals surface area contributed by atoms with E-state index in [-0.39, 0.29) is 53.2 Å². The highest BCUT2D eigenvalue weighted by molar-refractivity contribution is 8.03. The summed E-state index contributed by atoms with van der Waals surface area (Å²) >= 11 is 1.41. The van der Waals surface area contributed by atoms with Crippen LogP contribution in [0.4, 0.5) is 0 Å². The number of aliphatic carboxylic acids is 1. The van der Waals surface area contributed by atoms with Gasteiger partial charge in [-0.15, -0.1) is 11.8 Å². The lowest BCUT2D eigenvalue weighted by molar-refractivity contribution is -0.163. The number of aliphatic hydroxyl groups excluding tert-OH is 1. The number of nitrogens with zero attached hydrogens (tertiary/aromatic N) is 3. The molecule has 0 aromatic carbocycles. The van der Waals surface area contributed by atoms with Crippen molar-refractivity contribution in [3.05, 3.63) is 10.6 Å². The topological polar surface area (TPSA) is 178 Å². The third-order valence-electron chi connectivity index (χ3n) is 7.33. The molecule has 6 N–H and O–H groups in total. The van der Waals surface area contributed by atoms with Crippen LogP contribution in [0.15, 0.2) is 15.6 Å². The highest BCUT2D eigenvalue weighted by atomic mass is 32.2. The van der Waals surface area contributed by atoms with Gasteiger partial charge in [0.1, 0.15) is 12.2 Å². The zero-order valence-corrected chi connectivity index (χ0v) is 21.5. The smallest absolute Gasteiger partial charge is 0.353 e. The number of thioether (sulfide) groups is 1. The van der Waals surface area contributed by atoms with E-state index in [4.69, 9.17) is 5.73 Å². The number of amides is 3. The van der Waals surface area contributed by atoms with Crippen LogP contribution < -0.4 is 16.4 Å². The number of nitrogens with two attached hydrogens (primary N) is 1. The number of likely N-dealkylation sites (tertiary alicyclic amines) is 1. The van der Waals surface area contributed by atoms with Crippen molar-refractivity contribution < 1.29 is 29.4 Å². The number of carbonyl (C=O) groups is 4. The molecule has 0 bridgehead atoms. The van der Waals surface area contributed by atoms with Gasteiger partial charge in [0.25, 0.3) is 0 Å². The first kappa shape index (κ1) is 26.4. The Morgan fingerprint density at radius 3 is 2.72 bits per heavy atom. The minimum atomic E-state index is -1.15. The number of amidine groups is 1. The van der Waals surface area contributed by atoms with Gasteiger partial charge in [-0.1, -0.05) is 6.92 Å². The third kappa shape index (κ3) is 4.96. The number of aliphatic imine (C=N–C) groups is 1. The van der Waals surface area contributed by atoms with E-state index in [1.165, 1.54) is 16.7 Å². The van der Waals surface area contributed by atoms with Gasteiger partial charge < -0.3 is 36.4 Å². The summed E-state index contributed by atoms with van der Waals surface area (Å²) < 4.78 is 0. The molecule has 4 rings (SSSR count). The van der Waals surface area contributed by atoms with E-state index in [0.717, 1.165) is 0 Å². The summed E-state index contributed by atoms with van der Waals surface area (Å²) in [7, 11) is 0. The molecule has 4 heterocycles. The lowest BCUT2D eigenvalue weighted by atomic mass is 9.79. The van der Waals surface area contributed by atoms with Crippen molar-refractivity contribution in [2.24, 2.45) is 22.6 Å². The Morgan fingerprint density at radius 1 is 1.36 bits per heavy atom. The van der Waals surface area contributed by atoms with Gasteiger partial charge in [-0.2, -0.15) is 0 Å². The molecule has 0 radical (unpaired) electrons. The van der Waals surface area contributed by atoms with Crippen LogP contribution in [0, 0.1) is 11.8 Å². The van der Waals surface area contributed by atoms with Gasteiger partial charge >= 0.3 is 5.97 Å². The van der Waals surface area contributed by atoms with Crippen molar-refractivity contribution in [2.75, 3.05) is 26.2 Å². The van der Waals surface area contributed by atoms with Crippen molar-refractivity contribution in [2.45, 2.75) is 63.1 Å². The number of carboxylic acid groups (broad SMARTS) is 1. The monoisotopic (exact) mass is 522 g/mol. The van der Waals surface area contributed by atoms with Crippen LogP contribution in [0.5, 0.6) is 0 Å². The molecular formula is C23H34N6O6S. The highest BCUT2D eigenvalue weighted by Gasteiger charge is 2.60. The number of rotatable bonds is 8. The summed E-state index contributed by atoms with van der Waals surface area (Å²) in [6.45, 7) is 6.53. The van der Waals surface area contributed by atoms with Crippen LogP contribution >= 0.6 is 11.8 Å². The first-order valence-electron chi connectivity index (χ1n) is 12.2. The standard InChI is InChI=1S/C23H34N6O6S/c1-10-18-17(11(2)30)22(33)29(18)19(23(34)35)20(10)36-14-6-15(26-7-14)21(32)28-5-4-13(9-28)27-16(31)8-25-12(3)24/h10-11,13-15,17-18,26,30H,4-9H2,1-3H3,(H2,24,25)(H,27,31)(H,34,35)/t10-,11-,13+,14+,15+,17-,18-/m1/s1. The molecule has 7 atom stereocenters. The van der Waals surface area contributed by atoms with Crippen molar-refractivity contribution in [3.63, 3.8) is 0 Å². The number of hydrogen-bond acceptors (Lipinski definition) is 8. The lowest BCUT2D eigenvalue weighted by Crippen LogP contribution is -2.63. The Kier molecular flexibility index (Phi) is 7.62. The number of carboxylic acids is 1. The molecule has 0 aromatic heterocycles. The molecule has 0 spiro atoms. The number of aliphatic hydroxyl groups is 1. The number of nitrogens with one attached hydrogen (secondary N) is 2. The zero-order valence-electron chi connectivity index (χ0n) is 20.6. The number of carbonyl (C=O) groups excluding carboxylic acids is 3. The molecule has 0 saturated carbocycles. The lowest BCUT2D eigenvalue weighted by Gasteiger charge is -2.46. The Morgan fingerprint density at radius 2 is 2.08 bits per heavy atom. The molecule has 0 aliphatic carbocycles. The van der Waals surface area contributed by atoms with Gasteiger partial charge in [0.2, 0.25) is 17.7 Å². The maximum Gasteiger partial charge on any atom is 0.353 e. The zero-order chi connectivity index (χ0) is 26.3. The maximum absolute atomic E-state index is 13.1. The fourth-order valence-corrected chi connectivity index (χ4v) is 7.09. The molecule has 0 aromatic rings. The molecule has 3 amide bonds. The molecule has 13 heteroatoms. The van der Waals surface area contributed by atoms with E-state index < -0.39 is 24.0 Å². The number of fused-ring (bicyclic) bond motifs is 1. The van der Waals surface area contributed by atoms with Crippen molar-refractivity contribution in [1.29, 1.82) is 0 Å². The van der Waals surface area contributed by atoms with Gasteiger partial charge in [0.05, 0.1) is 29.9 Å². The van der Waals surface area contributed by atoms with E-state index in [0.29, 0.717) is 43.2 Å². The molecule has 12 nitrogen and oxygen atoms in total. The second kappa shape index (κ2) is 10.4. The molecular weight excluding hydrogens is 488 g/mol. The van der Waals surface area contributed by atoms with Crippen molar-refractivity contribution in [1.82, 2.24) is 20.4 Å². The van der Waals surface area contributed by atoms with Crippen LogP contribution in [0.3, 0.4) is 0 Å². The minimum Gasteiger partial charge on any atom is -0.477 e. The predicted octanol–water partition coefficient (Wildman–Crippen LogP) is -1.30. The predicted molar refractivity (Wildman–Crippen MR) is 133 cm³/mol. The molecule has 3 fully saturated rings. The van der Waals surface area contributed by atoms with Crippen LogP contribution in [-0.2, 0) is 19.2 Å². The second-order valence-electron chi connectivity index (χ2n) is 10.0. The average Bonchev–Trinajstić information content (AvgIpc) is 3.50. The van der Waals surface area contributed by atoms with E-state index in [1.807, 2.05) is 6.92 Å². The highest BCUT2D eigenvalue weighted by Crippen LogP contribution is 2.51. The quantitative estimate of drug-likeness (QED) is 0.147. The first-order chi connectivity index (χ1) is 17.0. The Balaban J connectivity index is 1.33. The molecule has 36 heavy (non-hydrogen) atoms. The number of β-lactam (4-membered cyclic amide) rings is 1. The Hall–Kier alpha value is -2.64. The normalized spacial score (nSPS) is 33.0. The Labute approximate surface area is 213 Å². The molecule has 4 aliphatic heterocycles. The van der Waals surface area contributed by atoms with Crippen LogP contribution in [-0.4, -0.2) is 105 Å². The molecule has 198 valence electrons. The summed E-state index contributed by atoms with van der Waals surface area (Å²) in [5.41, 5.74) is 5.46. The SMILES string of the molecule is CC(N)=NCC(=O)N[C@H]1CCN(C(=O)[C@@H]2C[C@H](SC3=C(C(=O)O)N4C(=O)[C@H]([C@@H](C)O)[C@H]4[C@H]3C)CN2)C1. The fraction of sp³-hybridized carbons (Fsp3) is 0.696. The summed E-state index contributed by atoms with van der Waals surface area (Å²) in [6.07, 6.45) is 0.348. The summed E-state index contributed by atoms with van der Waals surface area (Å²) in [6, 6.07) is -0.877. The Bertz CT molecular complexity index is 1010. The van der Waals surface area contributed by atoms with Gasteiger partial charge in [0.15, 0.2) is 0 Å². The minimum absolute atomic E-state index is 0.00136. The van der Waals surface area contributed by atoms with Gasteiger partial charge in [-0.25, -0.2) is 4.79 Å². The largest absolute Gasteiger partial charge is 0.477 e. The maximum atomic E-state index is 13.1. The van der Waals surface area contributed by atoms with Crippen LogP contribution in [0.2, 0.25) is 0 Å². The van der Waals surface area contributed by atoms with Gasteiger partial charge in [-0.3, -0.25) is 19.4 Å². The fourth-order valence-electron chi connectivity index (χ4n) is 5.61. The van der Waals surface area contributed by atoms with Crippen molar-refractivity contribution >= 4 is 41.3 Å². The van der Waals surface area contributed by atoms with E-state index in [2.05, 4.69) is 15.6 Å². The third-order valence-corrected chi connectivity index (χ3v) is 8.84. The summed E-state index contributed by atoms with van der Waals surface area (Å²) in [4.78, 5) is 57.2. The molecule has 3 saturated heterocycles. The van der Waals surface area contributed by atoms with E-state index >= 15 is 0 Å². The van der Waals surface area contributed by atoms with E-state index in [1.54, 1.807) is 18.7 Å². The number of hydrogen-bond donors (Lipinski definition) is 5. The van der Waals surface area contributed by atoms with Crippen LogP contribution in [0.25, 0.3) is 0 Å². The second-order valence-corrected chi connectivity index (χ2v) is 11.3. The average molecular weight is 523 g/mol.